The van der Waals surface area contributed by atoms with Crippen LogP contribution in [-0.4, -0.2) is 5.78 Å². The molecule has 3 aromatic carbocycles. The summed E-state index contributed by atoms with van der Waals surface area (Å²) in [5, 5.41) is 2.27. The molecule has 1 nitrogen and oxygen atoms in total. The molecule has 1 aliphatic rings. The number of rotatable bonds is 2. The van der Waals surface area contributed by atoms with Gasteiger partial charge >= 0.3 is 0 Å². The van der Waals surface area contributed by atoms with Crippen LogP contribution in [0.4, 0.5) is 0 Å². The zero-order chi connectivity index (χ0) is 17.8. The zero-order valence-corrected chi connectivity index (χ0v) is 15.4. The molecule has 0 N–H and O–H groups in total. The van der Waals surface area contributed by atoms with E-state index in [2.05, 4.69) is 52.0 Å². The summed E-state index contributed by atoms with van der Waals surface area (Å²) in [4.78, 5) is 13.1. The van der Waals surface area contributed by atoms with Crippen LogP contribution >= 0.6 is 0 Å². The van der Waals surface area contributed by atoms with Crippen LogP contribution in [0.15, 0.2) is 60.7 Å². The van der Waals surface area contributed by atoms with E-state index in [1.54, 1.807) is 0 Å². The standard InChI is InChI=1S/C24H24O/c1-23(2)15-24(3,4)21-14-19(11-12-20(21)23)22(25)18-10-9-16-7-5-6-8-17(16)13-18/h5-14H,15H2,1-4H3. The normalized spacial score (nSPS) is 17.4. The maximum Gasteiger partial charge on any atom is 0.193 e. The fourth-order valence-electron chi connectivity index (χ4n) is 4.63. The molecule has 25 heavy (non-hydrogen) atoms. The topological polar surface area (TPSA) is 17.1 Å². The lowest BCUT2D eigenvalue weighted by atomic mass is 9.82. The molecule has 0 saturated carbocycles. The van der Waals surface area contributed by atoms with E-state index in [1.807, 2.05) is 36.4 Å². The van der Waals surface area contributed by atoms with Crippen molar-refractivity contribution in [3.63, 3.8) is 0 Å². The van der Waals surface area contributed by atoms with Crippen LogP contribution in [0.3, 0.4) is 0 Å². The lowest BCUT2D eigenvalue weighted by Gasteiger charge is -2.22. The summed E-state index contributed by atoms with van der Waals surface area (Å²) >= 11 is 0. The Bertz CT molecular complexity index is 992. The number of carbonyl (C=O) groups excluding carboxylic acids is 1. The largest absolute Gasteiger partial charge is 0.289 e. The smallest absolute Gasteiger partial charge is 0.193 e. The SMILES string of the molecule is CC1(C)CC(C)(C)c2cc(C(=O)c3ccc4ccccc4c3)ccc21. The Kier molecular flexibility index (Phi) is 3.40. The summed E-state index contributed by atoms with van der Waals surface area (Å²) in [7, 11) is 0. The van der Waals surface area contributed by atoms with Crippen molar-refractivity contribution in [2.45, 2.75) is 44.9 Å². The number of fused-ring (bicyclic) bond motifs is 2. The van der Waals surface area contributed by atoms with Crippen molar-refractivity contribution in [1.29, 1.82) is 0 Å². The van der Waals surface area contributed by atoms with Crippen molar-refractivity contribution in [2.75, 3.05) is 0 Å². The molecule has 126 valence electrons. The van der Waals surface area contributed by atoms with Crippen LogP contribution in [0.1, 0.15) is 61.2 Å². The Labute approximate surface area is 149 Å². The minimum atomic E-state index is 0.106. The molecule has 0 radical (unpaired) electrons. The molecule has 0 heterocycles. The second-order valence-corrected chi connectivity index (χ2v) is 8.60. The summed E-state index contributed by atoms with van der Waals surface area (Å²) in [5.41, 5.74) is 4.53. The van der Waals surface area contributed by atoms with Crippen LogP contribution < -0.4 is 0 Å². The lowest BCUT2D eigenvalue weighted by molar-refractivity contribution is 0.103. The molecule has 0 bridgehead atoms. The van der Waals surface area contributed by atoms with Gasteiger partial charge in [-0.05, 0) is 51.3 Å². The molecule has 4 rings (SSSR count). The Morgan fingerprint density at radius 2 is 1.32 bits per heavy atom. The summed E-state index contributed by atoms with van der Waals surface area (Å²) in [6.07, 6.45) is 1.11. The van der Waals surface area contributed by atoms with Gasteiger partial charge in [-0.3, -0.25) is 4.79 Å². The van der Waals surface area contributed by atoms with Gasteiger partial charge in [0.2, 0.25) is 0 Å². The Morgan fingerprint density at radius 3 is 2.08 bits per heavy atom. The van der Waals surface area contributed by atoms with Gasteiger partial charge in [-0.25, -0.2) is 0 Å². The van der Waals surface area contributed by atoms with Crippen LogP contribution in [-0.2, 0) is 10.8 Å². The van der Waals surface area contributed by atoms with Crippen molar-refractivity contribution in [3.05, 3.63) is 82.9 Å². The Hall–Kier alpha value is -2.41. The van der Waals surface area contributed by atoms with Crippen LogP contribution in [0.5, 0.6) is 0 Å². The second kappa shape index (κ2) is 5.29. The summed E-state index contributed by atoms with van der Waals surface area (Å²) in [6.45, 7) is 9.16. The van der Waals surface area contributed by atoms with Crippen molar-refractivity contribution < 1.29 is 4.79 Å². The van der Waals surface area contributed by atoms with Crippen LogP contribution in [0, 0.1) is 0 Å². The highest BCUT2D eigenvalue weighted by molar-refractivity contribution is 6.10. The molecule has 0 unspecified atom stereocenters. The number of hydrogen-bond donors (Lipinski definition) is 0. The van der Waals surface area contributed by atoms with Crippen molar-refractivity contribution in [2.24, 2.45) is 0 Å². The second-order valence-electron chi connectivity index (χ2n) is 8.60. The van der Waals surface area contributed by atoms with Gasteiger partial charge in [-0.1, -0.05) is 76.2 Å². The average Bonchev–Trinajstić information content (AvgIpc) is 2.78. The highest BCUT2D eigenvalue weighted by atomic mass is 16.1. The fraction of sp³-hybridized carbons (Fsp3) is 0.292. The highest BCUT2D eigenvalue weighted by Gasteiger charge is 2.41. The Morgan fingerprint density at radius 1 is 0.720 bits per heavy atom. The van der Waals surface area contributed by atoms with E-state index in [1.165, 1.54) is 11.1 Å². The summed E-state index contributed by atoms with van der Waals surface area (Å²) < 4.78 is 0. The van der Waals surface area contributed by atoms with E-state index in [-0.39, 0.29) is 16.6 Å². The quantitative estimate of drug-likeness (QED) is 0.525. The first kappa shape index (κ1) is 16.1. The van der Waals surface area contributed by atoms with Gasteiger partial charge in [0, 0.05) is 11.1 Å². The summed E-state index contributed by atoms with van der Waals surface area (Å²) in [6, 6.07) is 20.4. The third-order valence-electron chi connectivity index (χ3n) is 5.64. The van der Waals surface area contributed by atoms with Crippen LogP contribution in [0.25, 0.3) is 10.8 Å². The molecular weight excluding hydrogens is 304 g/mol. The minimum Gasteiger partial charge on any atom is -0.289 e. The molecule has 0 saturated heterocycles. The Balaban J connectivity index is 1.78. The van der Waals surface area contributed by atoms with Gasteiger partial charge in [0.25, 0.3) is 0 Å². The number of benzene rings is 3. The van der Waals surface area contributed by atoms with E-state index in [0.717, 1.165) is 28.3 Å². The maximum absolute atomic E-state index is 13.1. The molecule has 0 atom stereocenters. The van der Waals surface area contributed by atoms with E-state index < -0.39 is 0 Å². The van der Waals surface area contributed by atoms with E-state index in [4.69, 9.17) is 0 Å². The van der Waals surface area contributed by atoms with E-state index in [0.29, 0.717) is 0 Å². The average molecular weight is 328 g/mol. The third kappa shape index (κ3) is 2.59. The third-order valence-corrected chi connectivity index (χ3v) is 5.64. The van der Waals surface area contributed by atoms with Gasteiger partial charge in [0.1, 0.15) is 0 Å². The number of ketones is 1. The van der Waals surface area contributed by atoms with Crippen molar-refractivity contribution in [3.8, 4) is 0 Å². The highest BCUT2D eigenvalue weighted by Crippen LogP contribution is 2.49. The molecule has 0 amide bonds. The van der Waals surface area contributed by atoms with Gasteiger partial charge < -0.3 is 0 Å². The first-order chi connectivity index (χ1) is 11.8. The first-order valence-corrected chi connectivity index (χ1v) is 8.96. The predicted octanol–water partition coefficient (Wildman–Crippen LogP) is 6.03. The summed E-state index contributed by atoms with van der Waals surface area (Å²) in [5.74, 6) is 0.106. The predicted molar refractivity (Wildman–Crippen MR) is 104 cm³/mol. The van der Waals surface area contributed by atoms with Gasteiger partial charge in [-0.15, -0.1) is 0 Å². The fourth-order valence-corrected chi connectivity index (χ4v) is 4.63. The molecule has 1 aliphatic carbocycles. The molecule has 0 spiro atoms. The van der Waals surface area contributed by atoms with Crippen molar-refractivity contribution >= 4 is 16.6 Å². The number of carbonyl (C=O) groups is 1. The van der Waals surface area contributed by atoms with Crippen molar-refractivity contribution in [1.82, 2.24) is 0 Å². The molecule has 0 fully saturated rings. The van der Waals surface area contributed by atoms with Gasteiger partial charge in [0.15, 0.2) is 5.78 Å². The first-order valence-electron chi connectivity index (χ1n) is 8.96. The monoisotopic (exact) mass is 328 g/mol. The van der Waals surface area contributed by atoms with Gasteiger partial charge in [-0.2, -0.15) is 0 Å². The van der Waals surface area contributed by atoms with E-state index >= 15 is 0 Å². The molecule has 0 aromatic heterocycles. The number of hydrogen-bond acceptors (Lipinski definition) is 1. The maximum atomic E-state index is 13.1. The molecule has 3 aromatic rings. The zero-order valence-electron chi connectivity index (χ0n) is 15.4. The molecule has 0 aliphatic heterocycles. The lowest BCUT2D eigenvalue weighted by Crippen LogP contribution is -2.18. The van der Waals surface area contributed by atoms with Crippen LogP contribution in [0.2, 0.25) is 0 Å². The molecular formula is C24H24O. The van der Waals surface area contributed by atoms with E-state index in [9.17, 15) is 4.79 Å². The van der Waals surface area contributed by atoms with Gasteiger partial charge in [0.05, 0.1) is 0 Å². The minimum absolute atomic E-state index is 0.106. The molecule has 1 heteroatoms.